The van der Waals surface area contributed by atoms with E-state index in [9.17, 15) is 24.4 Å². The molecule has 1 saturated heterocycles. The second-order valence-corrected chi connectivity index (χ2v) is 6.57. The van der Waals surface area contributed by atoms with Crippen molar-refractivity contribution < 1.29 is 33.8 Å². The molecule has 0 radical (unpaired) electrons. The van der Waals surface area contributed by atoms with Crippen LogP contribution < -0.4 is 11.2 Å². The van der Waals surface area contributed by atoms with Crippen molar-refractivity contribution in [3.63, 3.8) is 0 Å². The number of ether oxygens (including phenoxy) is 1. The summed E-state index contributed by atoms with van der Waals surface area (Å²) in [6.07, 6.45) is -4.69. The molecule has 13 heteroatoms. The Morgan fingerprint density at radius 2 is 2.00 bits per heavy atom. The van der Waals surface area contributed by atoms with E-state index in [1.54, 1.807) is 0 Å². The number of phosphoric acid groups is 1. The van der Waals surface area contributed by atoms with Crippen LogP contribution in [0.3, 0.4) is 0 Å². The third-order valence-electron chi connectivity index (χ3n) is 2.94. The van der Waals surface area contributed by atoms with Gasteiger partial charge in [-0.3, -0.25) is 18.9 Å². The van der Waals surface area contributed by atoms with Gasteiger partial charge in [0.2, 0.25) is 0 Å². The van der Waals surface area contributed by atoms with Crippen LogP contribution in [0.1, 0.15) is 6.23 Å². The summed E-state index contributed by atoms with van der Waals surface area (Å²) < 4.78 is 20.9. The third kappa shape index (κ3) is 3.73. The van der Waals surface area contributed by atoms with E-state index in [-0.39, 0.29) is 4.47 Å². The molecule has 0 bridgehead atoms. The molecule has 22 heavy (non-hydrogen) atoms. The van der Waals surface area contributed by atoms with Gasteiger partial charge in [0.25, 0.3) is 5.56 Å². The number of halogens is 1. The smallest absolute Gasteiger partial charge is 0.387 e. The molecule has 0 aliphatic carbocycles. The molecule has 11 nitrogen and oxygen atoms in total. The summed E-state index contributed by atoms with van der Waals surface area (Å²) in [7, 11) is -4.78. The maximum Gasteiger partial charge on any atom is 0.469 e. The number of aromatic nitrogens is 2. The second kappa shape index (κ2) is 6.34. The molecule has 1 aromatic heterocycles. The molecule has 0 saturated carbocycles. The van der Waals surface area contributed by atoms with Gasteiger partial charge in [-0.2, -0.15) is 0 Å². The van der Waals surface area contributed by atoms with E-state index in [4.69, 9.17) is 14.5 Å². The Bertz CT molecular complexity index is 712. The Morgan fingerprint density at radius 3 is 2.59 bits per heavy atom. The molecule has 0 amide bonds. The van der Waals surface area contributed by atoms with Gasteiger partial charge in [0.05, 0.1) is 11.1 Å². The van der Waals surface area contributed by atoms with Crippen LogP contribution in [0, 0.1) is 0 Å². The number of aliphatic hydroxyl groups is 2. The van der Waals surface area contributed by atoms with Gasteiger partial charge in [0, 0.05) is 6.20 Å². The summed E-state index contributed by atoms with van der Waals surface area (Å²) in [6, 6.07) is 0. The zero-order valence-electron chi connectivity index (χ0n) is 10.7. The van der Waals surface area contributed by atoms with Crippen LogP contribution in [0.2, 0.25) is 0 Å². The monoisotopic (exact) mass is 402 g/mol. The number of aromatic amines is 1. The zero-order chi connectivity index (χ0) is 16.7. The van der Waals surface area contributed by atoms with Gasteiger partial charge in [0.1, 0.15) is 18.3 Å². The molecule has 1 aromatic rings. The van der Waals surface area contributed by atoms with Crippen molar-refractivity contribution >= 4 is 23.8 Å². The highest BCUT2D eigenvalue weighted by atomic mass is 79.9. The second-order valence-electron chi connectivity index (χ2n) is 4.48. The molecule has 5 N–H and O–H groups in total. The van der Waals surface area contributed by atoms with E-state index in [1.807, 2.05) is 4.98 Å². The minimum absolute atomic E-state index is 0.00712. The van der Waals surface area contributed by atoms with Gasteiger partial charge in [-0.1, -0.05) is 0 Å². The molecule has 2 rings (SSSR count). The number of aliphatic hydroxyl groups excluding tert-OH is 2. The first-order valence-corrected chi connectivity index (χ1v) is 8.15. The van der Waals surface area contributed by atoms with Crippen LogP contribution in [-0.4, -0.2) is 54.5 Å². The number of H-pyrrole nitrogens is 1. The predicted molar refractivity (Wildman–Crippen MR) is 72.9 cm³/mol. The van der Waals surface area contributed by atoms with Crippen molar-refractivity contribution in [1.29, 1.82) is 0 Å². The molecule has 1 aliphatic rings. The molecule has 1 unspecified atom stereocenters. The Hall–Kier alpha value is -0.850. The van der Waals surface area contributed by atoms with Crippen molar-refractivity contribution in [1.82, 2.24) is 9.55 Å². The highest BCUT2D eigenvalue weighted by Gasteiger charge is 2.45. The molecule has 0 aromatic carbocycles. The lowest BCUT2D eigenvalue weighted by molar-refractivity contribution is -0.0544. The minimum atomic E-state index is -4.78. The first kappa shape index (κ1) is 17.5. The molecule has 124 valence electrons. The van der Waals surface area contributed by atoms with Crippen molar-refractivity contribution in [3.8, 4) is 0 Å². The maximum atomic E-state index is 11.7. The normalized spacial score (nSPS) is 29.0. The van der Waals surface area contributed by atoms with Gasteiger partial charge in [-0.15, -0.1) is 0 Å². The van der Waals surface area contributed by atoms with Crippen molar-refractivity contribution in [3.05, 3.63) is 31.5 Å². The lowest BCUT2D eigenvalue weighted by atomic mass is 10.1. The van der Waals surface area contributed by atoms with Crippen LogP contribution >= 0.6 is 23.8 Å². The quantitative estimate of drug-likeness (QED) is 0.358. The highest BCUT2D eigenvalue weighted by Crippen LogP contribution is 2.38. The van der Waals surface area contributed by atoms with E-state index < -0.39 is 50.2 Å². The minimum Gasteiger partial charge on any atom is -0.387 e. The molecule has 0 spiro atoms. The van der Waals surface area contributed by atoms with Crippen LogP contribution in [-0.2, 0) is 13.8 Å². The zero-order valence-corrected chi connectivity index (χ0v) is 13.2. The molecule has 1 fully saturated rings. The first-order chi connectivity index (χ1) is 10.1. The Balaban J connectivity index is 2.23. The number of rotatable bonds is 4. The average molecular weight is 403 g/mol. The van der Waals surface area contributed by atoms with E-state index in [2.05, 4.69) is 20.5 Å². The number of nitrogens with one attached hydrogen (secondary N) is 1. The number of hydrogen-bond acceptors (Lipinski definition) is 7. The lowest BCUT2D eigenvalue weighted by Gasteiger charge is -2.17. The average Bonchev–Trinajstić information content (AvgIpc) is 2.68. The predicted octanol–water partition coefficient (Wildman–Crippen LogP) is -1.97. The van der Waals surface area contributed by atoms with Gasteiger partial charge < -0.3 is 24.7 Å². The molecular weight excluding hydrogens is 391 g/mol. The molecule has 4 atom stereocenters. The highest BCUT2D eigenvalue weighted by molar-refractivity contribution is 9.10. The van der Waals surface area contributed by atoms with Crippen molar-refractivity contribution in [2.24, 2.45) is 0 Å². The van der Waals surface area contributed by atoms with E-state index in [0.29, 0.717) is 0 Å². The fourth-order valence-electron chi connectivity index (χ4n) is 1.92. The van der Waals surface area contributed by atoms with Gasteiger partial charge >= 0.3 is 13.5 Å². The summed E-state index contributed by atoms with van der Waals surface area (Å²) in [5.41, 5.74) is -1.57. The Morgan fingerprint density at radius 1 is 1.36 bits per heavy atom. The number of hydrogen-bond donors (Lipinski definition) is 5. The summed E-state index contributed by atoms with van der Waals surface area (Å²) in [5.74, 6) is 0. The molecular formula is C9H12BrN2O9P. The molecule has 1 aliphatic heterocycles. The topological polar surface area (TPSA) is 171 Å². The SMILES string of the molecule is O=c1[nH]c(=O)n([C@@H]2O[C@H](COP(=O)(O)O)C(O)[C@@H]2O)cc1Br. The van der Waals surface area contributed by atoms with Crippen LogP contribution in [0.25, 0.3) is 0 Å². The largest absolute Gasteiger partial charge is 0.469 e. The van der Waals surface area contributed by atoms with Crippen molar-refractivity contribution in [2.75, 3.05) is 6.61 Å². The summed E-state index contributed by atoms with van der Waals surface area (Å²) in [4.78, 5) is 42.2. The van der Waals surface area contributed by atoms with E-state index in [1.165, 1.54) is 0 Å². The maximum absolute atomic E-state index is 11.7. The van der Waals surface area contributed by atoms with E-state index >= 15 is 0 Å². The van der Waals surface area contributed by atoms with E-state index in [0.717, 1.165) is 10.8 Å². The Kier molecular flexibility index (Phi) is 5.04. The fourth-order valence-corrected chi connectivity index (χ4v) is 2.58. The van der Waals surface area contributed by atoms with Crippen LogP contribution in [0.5, 0.6) is 0 Å². The third-order valence-corrected chi connectivity index (χ3v) is 3.99. The summed E-state index contributed by atoms with van der Waals surface area (Å²) in [6.45, 7) is -0.696. The fraction of sp³-hybridized carbons (Fsp3) is 0.556. The Labute approximate surface area is 130 Å². The van der Waals surface area contributed by atoms with Gasteiger partial charge in [-0.25, -0.2) is 9.36 Å². The van der Waals surface area contributed by atoms with Gasteiger partial charge in [-0.05, 0) is 15.9 Å². The van der Waals surface area contributed by atoms with Crippen molar-refractivity contribution in [2.45, 2.75) is 24.5 Å². The number of phosphoric ester groups is 1. The van der Waals surface area contributed by atoms with Gasteiger partial charge in [0.15, 0.2) is 6.23 Å². The lowest BCUT2D eigenvalue weighted by Crippen LogP contribution is -2.38. The standard InChI is InChI=1S/C9H12BrN2O9P/c10-3-1-12(9(16)11-7(3)15)8-6(14)5(13)4(21-8)2-20-22(17,18)19/h1,4-6,8,13-14H,2H2,(H,11,15,16)(H2,17,18,19)/t4-,5?,6+,8-/m1/s1. The van der Waals surface area contributed by atoms with Crippen LogP contribution in [0.4, 0.5) is 0 Å². The van der Waals surface area contributed by atoms with Crippen LogP contribution in [0.15, 0.2) is 20.3 Å². The first-order valence-electron chi connectivity index (χ1n) is 5.83. The molecule has 2 heterocycles. The summed E-state index contributed by atoms with van der Waals surface area (Å²) in [5, 5.41) is 19.7. The number of nitrogens with zero attached hydrogens (tertiary/aromatic N) is 1. The summed E-state index contributed by atoms with van der Waals surface area (Å²) >= 11 is 2.90.